The fraction of sp³-hybridized carbons (Fsp3) is 0.263. The molecule has 2 aliphatic heterocycles. The molecule has 0 aromatic carbocycles. The maximum Gasteiger partial charge on any atom is 1.00 e. The van der Waals surface area contributed by atoms with Crippen molar-refractivity contribution >= 4 is 51.7 Å². The summed E-state index contributed by atoms with van der Waals surface area (Å²) in [6.07, 6.45) is 3.20. The number of nitrogen functional groups attached to an aromatic ring is 1. The van der Waals surface area contributed by atoms with E-state index in [2.05, 4.69) is 20.4 Å². The number of carbonyl (C=O) groups excluding carboxylic acids is 3. The first kappa shape index (κ1) is 26.0. The van der Waals surface area contributed by atoms with Crippen molar-refractivity contribution in [2.24, 2.45) is 5.16 Å². The number of anilines is 1. The number of fused-ring (bicyclic) bond motifs is 1. The predicted octanol–water partition coefficient (Wildman–Crippen LogP) is -3.95. The van der Waals surface area contributed by atoms with Crippen LogP contribution in [0.25, 0.3) is 0 Å². The Kier molecular flexibility index (Phi) is 8.54. The zero-order valence-corrected chi connectivity index (χ0v) is 21.7. The number of thioether (sulfide) groups is 1. The van der Waals surface area contributed by atoms with E-state index in [1.165, 1.54) is 24.3 Å². The number of β-lactam (4-membered cyclic amide) rings is 1. The number of hydrogen-bond acceptors (Lipinski definition) is 12. The molecule has 12 nitrogen and oxygen atoms in total. The molecule has 15 heteroatoms. The summed E-state index contributed by atoms with van der Waals surface area (Å²) in [5.74, 6) is -2.58. The second kappa shape index (κ2) is 11.2. The number of rotatable bonds is 8. The number of thiazole rings is 1. The molecule has 1 saturated heterocycles. The van der Waals surface area contributed by atoms with E-state index in [0.717, 1.165) is 21.8 Å². The maximum atomic E-state index is 12.8. The molecule has 2 atom stereocenters. The molecule has 0 radical (unpaired) electrons. The average Bonchev–Trinajstić information content (AvgIpc) is 3.25. The van der Waals surface area contributed by atoms with Crippen molar-refractivity contribution in [3.05, 3.63) is 52.6 Å². The summed E-state index contributed by atoms with van der Waals surface area (Å²) in [7, 11) is 1.26. The summed E-state index contributed by atoms with van der Waals surface area (Å²) >= 11 is 2.37. The summed E-state index contributed by atoms with van der Waals surface area (Å²) in [6.45, 7) is 0.0843. The van der Waals surface area contributed by atoms with Crippen LogP contribution in [-0.4, -0.2) is 62.6 Å². The Morgan fingerprint density at radius 3 is 2.85 bits per heavy atom. The second-order valence-electron chi connectivity index (χ2n) is 6.76. The number of nitrogens with zero attached hydrogens (tertiary/aromatic N) is 4. The van der Waals surface area contributed by atoms with Crippen molar-refractivity contribution in [3.63, 3.8) is 0 Å². The molecule has 0 unspecified atom stereocenters. The number of aliphatic carboxylic acids is 1. The fourth-order valence-electron chi connectivity index (χ4n) is 3.25. The monoisotopic (exact) mass is 512 g/mol. The molecule has 2 aromatic rings. The molecule has 2 amide bonds. The summed E-state index contributed by atoms with van der Waals surface area (Å²) in [5.41, 5.74) is 6.03. The van der Waals surface area contributed by atoms with Gasteiger partial charge in [-0.1, -0.05) is 11.2 Å². The van der Waals surface area contributed by atoms with Gasteiger partial charge < -0.3 is 30.5 Å². The maximum absolute atomic E-state index is 12.8. The molecule has 1 fully saturated rings. The minimum absolute atomic E-state index is 0. The van der Waals surface area contributed by atoms with E-state index >= 15 is 0 Å². The topological polar surface area (TPSA) is 172 Å². The van der Waals surface area contributed by atoms with E-state index in [1.54, 1.807) is 24.5 Å². The minimum atomic E-state index is -1.54. The number of oxime groups is 1. The number of nitrogens with two attached hydrogens (primary N) is 1. The van der Waals surface area contributed by atoms with Gasteiger partial charge in [0.25, 0.3) is 11.8 Å². The van der Waals surface area contributed by atoms with E-state index in [4.69, 9.17) is 15.3 Å². The zero-order chi connectivity index (χ0) is 23.5. The van der Waals surface area contributed by atoms with Gasteiger partial charge in [0.1, 0.15) is 42.3 Å². The molecule has 172 valence electrons. The van der Waals surface area contributed by atoms with Gasteiger partial charge in [-0.3, -0.25) is 19.5 Å². The third-order valence-electron chi connectivity index (χ3n) is 4.71. The third-order valence-corrected chi connectivity index (χ3v) is 6.64. The number of carboxylic acids is 1. The van der Waals surface area contributed by atoms with Gasteiger partial charge in [-0.2, -0.15) is 0 Å². The molecular formula is C19H17N6NaO6S2. The van der Waals surface area contributed by atoms with Crippen LogP contribution < -0.4 is 45.7 Å². The normalized spacial score (nSPS) is 19.5. The molecule has 0 spiro atoms. The molecule has 3 N–H and O–H groups in total. The number of carboxylic acid groups (broad SMARTS) is 1. The number of ether oxygens (including phenoxy) is 1. The van der Waals surface area contributed by atoms with Gasteiger partial charge in [0.2, 0.25) is 0 Å². The van der Waals surface area contributed by atoms with Crippen LogP contribution in [0.1, 0.15) is 11.3 Å². The summed E-state index contributed by atoms with van der Waals surface area (Å²) in [6, 6.07) is 2.53. The van der Waals surface area contributed by atoms with Gasteiger partial charge in [0.15, 0.2) is 10.8 Å². The fourth-order valence-corrected chi connectivity index (χ4v) is 5.07. The Morgan fingerprint density at radius 2 is 2.24 bits per heavy atom. The van der Waals surface area contributed by atoms with E-state index < -0.39 is 29.2 Å². The quantitative estimate of drug-likeness (QED) is 0.154. The van der Waals surface area contributed by atoms with Crippen molar-refractivity contribution < 1.29 is 58.6 Å². The summed E-state index contributed by atoms with van der Waals surface area (Å²) in [5, 5.41) is 19.2. The number of hydrogen-bond donors (Lipinski definition) is 2. The molecular weight excluding hydrogens is 495 g/mol. The van der Waals surface area contributed by atoms with Crippen LogP contribution in [0.4, 0.5) is 5.13 Å². The van der Waals surface area contributed by atoms with Crippen LogP contribution in [0.2, 0.25) is 0 Å². The first-order valence-corrected chi connectivity index (χ1v) is 11.4. The molecule has 4 rings (SSSR count). The van der Waals surface area contributed by atoms with Crippen molar-refractivity contribution in [1.29, 1.82) is 0 Å². The van der Waals surface area contributed by atoms with Crippen LogP contribution in [0.3, 0.4) is 0 Å². The Morgan fingerprint density at radius 1 is 1.44 bits per heavy atom. The standard InChI is InChI=1S/C19H18N6O6S2.Na/c1-30-24-12(10-7-33-19(20)22-10)15(26)23-13-16(27)25-14(18(28)29)11(8-32-17(13)25)31-6-9-3-2-4-21-5-9;/h2-5,7,13,17H,6,8H2,1H3,(H2,20,22)(H,23,26)(H,28,29);/q;+1/p-1/b24-12-;/t13-,17+;/m1./s1. The number of carbonyl (C=O) groups is 3. The average molecular weight is 513 g/mol. The SMILES string of the molecule is CO/N=C(\C(=O)N[C@@H]1C(=O)N2C(C(=O)[O-])=C(OCc3cccnc3)CS[C@@H]12)c1csc(N)n1.[Na+]. The minimum Gasteiger partial charge on any atom is -0.543 e. The Balaban J connectivity index is 0.00000324. The zero-order valence-electron chi connectivity index (χ0n) is 18.1. The first-order valence-electron chi connectivity index (χ1n) is 9.45. The van der Waals surface area contributed by atoms with Crippen molar-refractivity contribution in [2.45, 2.75) is 18.0 Å². The number of pyridine rings is 1. The Labute approximate surface area is 223 Å². The van der Waals surface area contributed by atoms with Gasteiger partial charge >= 0.3 is 29.6 Å². The largest absolute Gasteiger partial charge is 1.00 e. The van der Waals surface area contributed by atoms with Crippen molar-refractivity contribution in [2.75, 3.05) is 18.6 Å². The number of nitrogens with one attached hydrogen (secondary N) is 1. The number of aromatic nitrogens is 2. The first-order chi connectivity index (χ1) is 15.9. The summed E-state index contributed by atoms with van der Waals surface area (Å²) in [4.78, 5) is 51.1. The van der Waals surface area contributed by atoms with Gasteiger partial charge in [0, 0.05) is 23.3 Å². The predicted molar refractivity (Wildman–Crippen MR) is 116 cm³/mol. The number of amides is 2. The van der Waals surface area contributed by atoms with Crippen LogP contribution in [0, 0.1) is 0 Å². The van der Waals surface area contributed by atoms with Crippen LogP contribution >= 0.6 is 23.1 Å². The Hall–Kier alpha value is -2.65. The molecule has 34 heavy (non-hydrogen) atoms. The van der Waals surface area contributed by atoms with Crippen LogP contribution in [0.15, 0.2) is 46.5 Å². The van der Waals surface area contributed by atoms with Gasteiger partial charge in [-0.15, -0.1) is 23.1 Å². The Bertz CT molecular complexity index is 1160. The third kappa shape index (κ3) is 5.20. The van der Waals surface area contributed by atoms with E-state index in [1.807, 2.05) is 0 Å². The van der Waals surface area contributed by atoms with Crippen molar-refractivity contribution in [1.82, 2.24) is 20.2 Å². The summed E-state index contributed by atoms with van der Waals surface area (Å²) < 4.78 is 5.65. The van der Waals surface area contributed by atoms with Crippen LogP contribution in [-0.2, 0) is 30.6 Å². The van der Waals surface area contributed by atoms with Crippen LogP contribution in [0.5, 0.6) is 0 Å². The molecule has 2 aromatic heterocycles. The van der Waals surface area contributed by atoms with E-state index in [-0.39, 0.29) is 69.9 Å². The van der Waals surface area contributed by atoms with E-state index in [0.29, 0.717) is 0 Å². The van der Waals surface area contributed by atoms with Crippen molar-refractivity contribution in [3.8, 4) is 0 Å². The molecule has 4 heterocycles. The smallest absolute Gasteiger partial charge is 0.543 e. The van der Waals surface area contributed by atoms with E-state index in [9.17, 15) is 19.5 Å². The van der Waals surface area contributed by atoms with Gasteiger partial charge in [-0.05, 0) is 6.07 Å². The second-order valence-corrected chi connectivity index (χ2v) is 8.76. The molecule has 0 aliphatic carbocycles. The molecule has 0 saturated carbocycles. The molecule has 0 bridgehead atoms. The van der Waals surface area contributed by atoms with Gasteiger partial charge in [-0.25, -0.2) is 4.98 Å². The van der Waals surface area contributed by atoms with Gasteiger partial charge in [0.05, 0.1) is 11.7 Å². The molecule has 2 aliphatic rings.